The first-order chi connectivity index (χ1) is 9.63. The molecule has 0 atom stereocenters. The summed E-state index contributed by atoms with van der Waals surface area (Å²) in [6.07, 6.45) is 5.48. The van der Waals surface area contributed by atoms with E-state index in [0.29, 0.717) is 17.7 Å². The van der Waals surface area contributed by atoms with Crippen LogP contribution in [-0.4, -0.2) is 11.0 Å². The van der Waals surface area contributed by atoms with E-state index in [1.54, 1.807) is 12.1 Å². The molecule has 2 aromatic rings. The second-order valence-electron chi connectivity index (χ2n) is 4.06. The summed E-state index contributed by atoms with van der Waals surface area (Å²) in [4.78, 5) is 10.8. The molecule has 3 nitrogen and oxygen atoms in total. The first kappa shape index (κ1) is 15.3. The van der Waals surface area contributed by atoms with E-state index in [1.165, 1.54) is 13.0 Å². The number of terminal acetylenes is 1. The third-order valence-electron chi connectivity index (χ3n) is 2.36. The highest BCUT2D eigenvalue weighted by molar-refractivity contribution is 5.88. The van der Waals surface area contributed by atoms with Crippen LogP contribution < -0.4 is 5.32 Å². The van der Waals surface area contributed by atoms with Gasteiger partial charge in [0.2, 0.25) is 5.91 Å². The van der Waals surface area contributed by atoms with Gasteiger partial charge in [0.25, 0.3) is 0 Å². The Labute approximate surface area is 119 Å². The number of hydrogen-bond acceptors (Lipinski definition) is 2. The van der Waals surface area contributed by atoms with Crippen molar-refractivity contribution in [1.82, 2.24) is 0 Å². The Hall–Kier alpha value is -2.73. The van der Waals surface area contributed by atoms with Crippen LogP contribution in [0.25, 0.3) is 0 Å². The molecule has 1 amide bonds. The minimum absolute atomic E-state index is 0.150. The van der Waals surface area contributed by atoms with E-state index < -0.39 is 0 Å². The van der Waals surface area contributed by atoms with Crippen molar-refractivity contribution in [1.29, 1.82) is 0 Å². The summed E-state index contributed by atoms with van der Waals surface area (Å²) in [5, 5.41) is 12.0. The van der Waals surface area contributed by atoms with Gasteiger partial charge in [-0.05, 0) is 18.2 Å². The quantitative estimate of drug-likeness (QED) is 0.648. The van der Waals surface area contributed by atoms with Crippen LogP contribution in [0.1, 0.15) is 12.5 Å². The van der Waals surface area contributed by atoms with Gasteiger partial charge in [0, 0.05) is 24.6 Å². The molecule has 3 heteroatoms. The normalized spacial score (nSPS) is 8.80. The molecule has 0 radical (unpaired) electrons. The molecule has 2 aromatic carbocycles. The molecule has 20 heavy (non-hydrogen) atoms. The lowest BCUT2D eigenvalue weighted by molar-refractivity contribution is -0.114. The molecule has 0 spiro atoms. The number of phenols is 1. The molecule has 0 saturated heterocycles. The van der Waals surface area contributed by atoms with E-state index in [0.717, 1.165) is 0 Å². The van der Waals surface area contributed by atoms with Crippen LogP contribution in [0.4, 0.5) is 5.69 Å². The maximum atomic E-state index is 10.8. The molecule has 0 aromatic heterocycles. The number of phenolic OH excluding ortho intramolecular Hbond substituents is 1. The van der Waals surface area contributed by atoms with Gasteiger partial charge in [0.1, 0.15) is 5.75 Å². The van der Waals surface area contributed by atoms with Crippen LogP contribution in [0, 0.1) is 12.3 Å². The smallest absolute Gasteiger partial charge is 0.221 e. The average Bonchev–Trinajstić information content (AvgIpc) is 2.45. The average molecular weight is 267 g/mol. The number of hydrogen-bond donors (Lipinski definition) is 2. The van der Waals surface area contributed by atoms with Gasteiger partial charge in [-0.2, -0.15) is 0 Å². The third kappa shape index (κ3) is 5.74. The van der Waals surface area contributed by atoms with E-state index in [-0.39, 0.29) is 11.7 Å². The lowest BCUT2D eigenvalue weighted by Crippen LogP contribution is -2.05. The minimum Gasteiger partial charge on any atom is -0.508 e. The molecule has 2 N–H and O–H groups in total. The topological polar surface area (TPSA) is 49.3 Å². The Morgan fingerprint density at radius 2 is 1.75 bits per heavy atom. The monoisotopic (exact) mass is 267 g/mol. The lowest BCUT2D eigenvalue weighted by atomic mass is 10.1. The number of carbonyl (C=O) groups excluding carboxylic acids is 1. The molecule has 0 saturated carbocycles. The fourth-order valence-corrected chi connectivity index (χ4v) is 1.50. The summed E-state index contributed by atoms with van der Waals surface area (Å²) in [7, 11) is 0. The van der Waals surface area contributed by atoms with Crippen molar-refractivity contribution in [3.05, 3.63) is 60.2 Å². The van der Waals surface area contributed by atoms with Crippen molar-refractivity contribution in [3.63, 3.8) is 0 Å². The van der Waals surface area contributed by atoms with Crippen LogP contribution in [0.3, 0.4) is 0 Å². The summed E-state index contributed by atoms with van der Waals surface area (Å²) in [5.41, 5.74) is 1.28. The summed E-state index contributed by atoms with van der Waals surface area (Å²) in [6.45, 7) is 1.42. The molecular weight excluding hydrogens is 250 g/mol. The van der Waals surface area contributed by atoms with Gasteiger partial charge in [-0.25, -0.2) is 0 Å². The minimum atomic E-state index is -0.151. The number of benzene rings is 2. The zero-order valence-electron chi connectivity index (χ0n) is 11.3. The van der Waals surface area contributed by atoms with E-state index in [4.69, 9.17) is 6.42 Å². The van der Waals surface area contributed by atoms with Gasteiger partial charge < -0.3 is 10.4 Å². The molecule has 0 aliphatic heterocycles. The molecule has 0 heterocycles. The first-order valence-corrected chi connectivity index (χ1v) is 6.16. The Kier molecular flexibility index (Phi) is 6.43. The molecule has 2 rings (SSSR count). The molecule has 0 bridgehead atoms. The number of carbonyl (C=O) groups is 1. The van der Waals surface area contributed by atoms with Crippen molar-refractivity contribution in [2.24, 2.45) is 0 Å². The van der Waals surface area contributed by atoms with Gasteiger partial charge in [0.05, 0.1) is 0 Å². The zero-order chi connectivity index (χ0) is 14.8. The summed E-state index contributed by atoms with van der Waals surface area (Å²) in [5.74, 6) is 2.43. The van der Waals surface area contributed by atoms with Gasteiger partial charge in [-0.15, -0.1) is 12.3 Å². The van der Waals surface area contributed by atoms with Gasteiger partial charge in [0.15, 0.2) is 0 Å². The van der Waals surface area contributed by atoms with Crippen molar-refractivity contribution in [2.45, 2.75) is 13.3 Å². The Morgan fingerprint density at radius 1 is 1.20 bits per heavy atom. The van der Waals surface area contributed by atoms with Crippen molar-refractivity contribution in [2.75, 3.05) is 5.32 Å². The summed E-state index contributed by atoms with van der Waals surface area (Å²) in [6, 6.07) is 16.8. The van der Waals surface area contributed by atoms with E-state index >= 15 is 0 Å². The number of nitrogens with one attached hydrogen (secondary N) is 1. The lowest BCUT2D eigenvalue weighted by Gasteiger charge is -2.05. The van der Waals surface area contributed by atoms with Gasteiger partial charge >= 0.3 is 0 Å². The Morgan fingerprint density at radius 3 is 2.20 bits per heavy atom. The predicted octanol–water partition coefficient (Wildman–Crippen LogP) is 3.21. The van der Waals surface area contributed by atoms with E-state index in [1.807, 2.05) is 36.4 Å². The van der Waals surface area contributed by atoms with E-state index in [2.05, 4.69) is 11.2 Å². The van der Waals surface area contributed by atoms with Crippen LogP contribution in [0.5, 0.6) is 5.75 Å². The van der Waals surface area contributed by atoms with Crippen molar-refractivity contribution in [3.8, 4) is 18.1 Å². The van der Waals surface area contributed by atoms with E-state index in [9.17, 15) is 9.90 Å². The van der Waals surface area contributed by atoms with Crippen LogP contribution in [-0.2, 0) is 11.2 Å². The number of aromatic hydroxyl groups is 1. The predicted molar refractivity (Wildman–Crippen MR) is 81.4 cm³/mol. The highest BCUT2D eigenvalue weighted by atomic mass is 16.3. The first-order valence-electron chi connectivity index (χ1n) is 6.16. The highest BCUT2D eigenvalue weighted by Gasteiger charge is 2.02. The number of rotatable bonds is 2. The molecule has 102 valence electrons. The van der Waals surface area contributed by atoms with Crippen molar-refractivity contribution >= 4 is 11.6 Å². The summed E-state index contributed by atoms with van der Waals surface area (Å²) >= 11 is 0. The van der Waals surface area contributed by atoms with Crippen LogP contribution in [0.15, 0.2) is 54.6 Å². The number of amides is 1. The molecule has 0 fully saturated rings. The van der Waals surface area contributed by atoms with Gasteiger partial charge in [-0.3, -0.25) is 4.79 Å². The Bertz CT molecular complexity index is 559. The highest BCUT2D eigenvalue weighted by Crippen LogP contribution is 2.21. The Balaban J connectivity index is 0.000000276. The molecule has 0 aliphatic rings. The SMILES string of the molecule is C#CCc1cc(NC(C)=O)ccc1O.c1ccccc1. The molecular formula is C17H17NO2. The fourth-order valence-electron chi connectivity index (χ4n) is 1.50. The van der Waals surface area contributed by atoms with Crippen molar-refractivity contribution < 1.29 is 9.90 Å². The molecule has 0 unspecified atom stereocenters. The standard InChI is InChI=1S/C11H11NO2.C6H6/c1-3-4-9-7-10(12-8(2)13)5-6-11(9)14;1-2-4-6-5-3-1/h1,5-7,14H,4H2,2H3,(H,12,13);1-6H. The van der Waals surface area contributed by atoms with Crippen LogP contribution in [0.2, 0.25) is 0 Å². The maximum Gasteiger partial charge on any atom is 0.221 e. The maximum absolute atomic E-state index is 10.8. The van der Waals surface area contributed by atoms with Crippen LogP contribution >= 0.6 is 0 Å². The summed E-state index contributed by atoms with van der Waals surface area (Å²) < 4.78 is 0. The zero-order valence-corrected chi connectivity index (χ0v) is 11.3. The third-order valence-corrected chi connectivity index (χ3v) is 2.36. The largest absolute Gasteiger partial charge is 0.508 e. The van der Waals surface area contributed by atoms with Gasteiger partial charge in [-0.1, -0.05) is 36.4 Å². The second kappa shape index (κ2) is 8.39. The number of anilines is 1. The second-order valence-corrected chi connectivity index (χ2v) is 4.06. The fraction of sp³-hybridized carbons (Fsp3) is 0.118. The molecule has 0 aliphatic carbocycles.